The van der Waals surface area contributed by atoms with Gasteiger partial charge in [0.25, 0.3) is 0 Å². The predicted octanol–water partition coefficient (Wildman–Crippen LogP) is 1.84. The summed E-state index contributed by atoms with van der Waals surface area (Å²) in [5.74, 6) is 1.08. The van der Waals surface area contributed by atoms with Crippen LogP contribution in [0.4, 0.5) is 0 Å². The van der Waals surface area contributed by atoms with Gasteiger partial charge in [0.1, 0.15) is 0 Å². The Balaban J connectivity index is 2.59. The SMILES string of the molecule is CC(C)CNC1CC(CC(C)(C)C)CN(CC(N)=O)C1. The Hall–Kier alpha value is -0.610. The molecule has 0 aromatic rings. The molecule has 2 atom stereocenters. The molecular formula is C16H33N3O. The van der Waals surface area contributed by atoms with Crippen molar-refractivity contribution in [3.05, 3.63) is 0 Å². The first kappa shape index (κ1) is 17.4. The molecule has 1 amide bonds. The van der Waals surface area contributed by atoms with E-state index in [1.807, 2.05) is 0 Å². The topological polar surface area (TPSA) is 58.4 Å². The molecule has 0 aromatic carbocycles. The molecule has 0 aromatic heterocycles. The largest absolute Gasteiger partial charge is 0.369 e. The molecule has 0 radical (unpaired) electrons. The van der Waals surface area contributed by atoms with Crippen LogP contribution in [0.1, 0.15) is 47.5 Å². The van der Waals surface area contributed by atoms with E-state index in [1.54, 1.807) is 0 Å². The van der Waals surface area contributed by atoms with Gasteiger partial charge < -0.3 is 11.1 Å². The Labute approximate surface area is 124 Å². The van der Waals surface area contributed by atoms with E-state index >= 15 is 0 Å². The molecule has 1 aliphatic rings. The average molecular weight is 283 g/mol. The van der Waals surface area contributed by atoms with Gasteiger partial charge in [-0.2, -0.15) is 0 Å². The summed E-state index contributed by atoms with van der Waals surface area (Å²) in [4.78, 5) is 13.4. The van der Waals surface area contributed by atoms with Crippen molar-refractivity contribution < 1.29 is 4.79 Å². The molecule has 0 aliphatic carbocycles. The fourth-order valence-corrected chi connectivity index (χ4v) is 3.22. The van der Waals surface area contributed by atoms with Gasteiger partial charge in [-0.1, -0.05) is 34.6 Å². The number of carbonyl (C=O) groups is 1. The third-order valence-electron chi connectivity index (χ3n) is 3.71. The van der Waals surface area contributed by atoms with Crippen LogP contribution in [0.25, 0.3) is 0 Å². The summed E-state index contributed by atoms with van der Waals surface area (Å²) >= 11 is 0. The maximum absolute atomic E-state index is 11.2. The number of nitrogens with one attached hydrogen (secondary N) is 1. The number of amides is 1. The van der Waals surface area contributed by atoms with Gasteiger partial charge in [-0.15, -0.1) is 0 Å². The van der Waals surface area contributed by atoms with Gasteiger partial charge in [-0.3, -0.25) is 9.69 Å². The van der Waals surface area contributed by atoms with Crippen LogP contribution in [-0.4, -0.2) is 43.0 Å². The number of nitrogens with two attached hydrogens (primary N) is 1. The zero-order valence-corrected chi connectivity index (χ0v) is 13.9. The van der Waals surface area contributed by atoms with Crippen molar-refractivity contribution in [2.75, 3.05) is 26.2 Å². The molecule has 2 unspecified atom stereocenters. The molecule has 1 saturated heterocycles. The summed E-state index contributed by atoms with van der Waals surface area (Å²) in [5.41, 5.74) is 5.70. The predicted molar refractivity (Wildman–Crippen MR) is 84.4 cm³/mol. The number of likely N-dealkylation sites (tertiary alicyclic amines) is 1. The number of primary amides is 1. The molecule has 4 nitrogen and oxygen atoms in total. The minimum Gasteiger partial charge on any atom is -0.369 e. The van der Waals surface area contributed by atoms with Crippen molar-refractivity contribution in [3.63, 3.8) is 0 Å². The first-order valence-corrected chi connectivity index (χ1v) is 7.90. The third kappa shape index (κ3) is 7.25. The van der Waals surface area contributed by atoms with Crippen LogP contribution in [0.3, 0.4) is 0 Å². The number of rotatable bonds is 6. The quantitative estimate of drug-likeness (QED) is 0.782. The molecule has 0 saturated carbocycles. The lowest BCUT2D eigenvalue weighted by Gasteiger charge is -2.40. The summed E-state index contributed by atoms with van der Waals surface area (Å²) < 4.78 is 0. The summed E-state index contributed by atoms with van der Waals surface area (Å²) in [6, 6.07) is 0.484. The number of carbonyl (C=O) groups excluding carboxylic acids is 1. The van der Waals surface area contributed by atoms with Crippen LogP contribution >= 0.6 is 0 Å². The van der Waals surface area contributed by atoms with Crippen molar-refractivity contribution in [2.45, 2.75) is 53.5 Å². The lowest BCUT2D eigenvalue weighted by Crippen LogP contribution is -2.52. The second-order valence-electron chi connectivity index (χ2n) is 8.03. The Morgan fingerprint density at radius 2 is 2.00 bits per heavy atom. The Kier molecular flexibility index (Phi) is 6.46. The second kappa shape index (κ2) is 7.41. The fraction of sp³-hybridized carbons (Fsp3) is 0.938. The van der Waals surface area contributed by atoms with Crippen LogP contribution in [-0.2, 0) is 4.79 Å². The fourth-order valence-electron chi connectivity index (χ4n) is 3.22. The monoisotopic (exact) mass is 283 g/mol. The Bertz CT molecular complexity index is 309. The molecule has 3 N–H and O–H groups in total. The molecule has 20 heavy (non-hydrogen) atoms. The molecule has 0 spiro atoms. The first-order valence-electron chi connectivity index (χ1n) is 7.90. The molecule has 4 heteroatoms. The van der Waals surface area contributed by atoms with E-state index in [4.69, 9.17) is 5.73 Å². The molecule has 1 rings (SSSR count). The number of hydrogen-bond donors (Lipinski definition) is 2. The molecule has 1 heterocycles. The van der Waals surface area contributed by atoms with Gasteiger partial charge in [-0.25, -0.2) is 0 Å². The molecule has 0 bridgehead atoms. The van der Waals surface area contributed by atoms with E-state index < -0.39 is 0 Å². The number of piperidine rings is 1. The first-order chi connectivity index (χ1) is 9.15. The minimum atomic E-state index is -0.219. The van der Waals surface area contributed by atoms with Gasteiger partial charge >= 0.3 is 0 Å². The smallest absolute Gasteiger partial charge is 0.231 e. The molecule has 1 fully saturated rings. The lowest BCUT2D eigenvalue weighted by molar-refractivity contribution is -0.119. The molecule has 118 valence electrons. The van der Waals surface area contributed by atoms with Crippen LogP contribution in [0.15, 0.2) is 0 Å². The van der Waals surface area contributed by atoms with Crippen LogP contribution in [0.2, 0.25) is 0 Å². The van der Waals surface area contributed by atoms with Crippen LogP contribution in [0.5, 0.6) is 0 Å². The number of hydrogen-bond acceptors (Lipinski definition) is 3. The normalized spacial score (nSPS) is 25.1. The van der Waals surface area contributed by atoms with Crippen molar-refractivity contribution in [1.82, 2.24) is 10.2 Å². The second-order valence-corrected chi connectivity index (χ2v) is 8.03. The third-order valence-corrected chi connectivity index (χ3v) is 3.71. The van der Waals surface area contributed by atoms with Crippen molar-refractivity contribution in [1.29, 1.82) is 0 Å². The highest BCUT2D eigenvalue weighted by Crippen LogP contribution is 2.30. The molecule has 1 aliphatic heterocycles. The molecular weight excluding hydrogens is 250 g/mol. The van der Waals surface area contributed by atoms with Crippen molar-refractivity contribution >= 4 is 5.91 Å². The maximum Gasteiger partial charge on any atom is 0.231 e. The summed E-state index contributed by atoms with van der Waals surface area (Å²) in [5, 5.41) is 3.65. The van der Waals surface area contributed by atoms with Crippen molar-refractivity contribution in [3.8, 4) is 0 Å². The van der Waals surface area contributed by atoms with Crippen LogP contribution < -0.4 is 11.1 Å². The van der Waals surface area contributed by atoms with Gasteiger partial charge in [0.15, 0.2) is 0 Å². The highest BCUT2D eigenvalue weighted by atomic mass is 16.1. The lowest BCUT2D eigenvalue weighted by atomic mass is 9.80. The van der Waals surface area contributed by atoms with Gasteiger partial charge in [-0.05, 0) is 36.6 Å². The van der Waals surface area contributed by atoms with Gasteiger partial charge in [0.2, 0.25) is 5.91 Å². The van der Waals surface area contributed by atoms with E-state index in [1.165, 1.54) is 12.8 Å². The van der Waals surface area contributed by atoms with Gasteiger partial charge in [0, 0.05) is 19.1 Å². The van der Waals surface area contributed by atoms with Gasteiger partial charge in [0.05, 0.1) is 6.54 Å². The maximum atomic E-state index is 11.2. The summed E-state index contributed by atoms with van der Waals surface area (Å²) in [6.45, 7) is 14.7. The van der Waals surface area contributed by atoms with Crippen LogP contribution in [0, 0.1) is 17.3 Å². The minimum absolute atomic E-state index is 0.219. The van der Waals surface area contributed by atoms with E-state index in [2.05, 4.69) is 44.8 Å². The van der Waals surface area contributed by atoms with E-state index in [9.17, 15) is 4.79 Å². The van der Waals surface area contributed by atoms with E-state index in [0.717, 1.165) is 19.6 Å². The standard InChI is InChI=1S/C16H33N3O/c1-12(2)8-18-14-6-13(7-16(3,4)5)9-19(10-14)11-15(17)20/h12-14,18H,6-11H2,1-5H3,(H2,17,20). The van der Waals surface area contributed by atoms with Crippen molar-refractivity contribution in [2.24, 2.45) is 23.0 Å². The average Bonchev–Trinajstić information content (AvgIpc) is 2.22. The number of nitrogens with zero attached hydrogens (tertiary/aromatic N) is 1. The zero-order chi connectivity index (χ0) is 15.3. The van der Waals surface area contributed by atoms with E-state index in [0.29, 0.717) is 29.8 Å². The zero-order valence-electron chi connectivity index (χ0n) is 13.9. The summed E-state index contributed by atoms with van der Waals surface area (Å²) in [6.07, 6.45) is 2.40. The Morgan fingerprint density at radius 3 is 2.50 bits per heavy atom. The summed E-state index contributed by atoms with van der Waals surface area (Å²) in [7, 11) is 0. The highest BCUT2D eigenvalue weighted by Gasteiger charge is 2.30. The highest BCUT2D eigenvalue weighted by molar-refractivity contribution is 5.75. The Morgan fingerprint density at radius 1 is 1.35 bits per heavy atom. The van der Waals surface area contributed by atoms with E-state index in [-0.39, 0.29) is 5.91 Å².